The fraction of sp³-hybridized carbons (Fsp3) is 0.250. The van der Waals surface area contributed by atoms with E-state index in [0.717, 1.165) is 17.1 Å². The van der Waals surface area contributed by atoms with Crippen molar-refractivity contribution >= 4 is 45.5 Å². The van der Waals surface area contributed by atoms with Gasteiger partial charge < -0.3 is 9.73 Å². The highest BCUT2D eigenvalue weighted by atomic mass is 32.2. The van der Waals surface area contributed by atoms with Crippen molar-refractivity contribution in [1.29, 1.82) is 0 Å². The molecule has 0 aliphatic carbocycles. The summed E-state index contributed by atoms with van der Waals surface area (Å²) >= 11 is 1.08. The molecule has 0 unspecified atom stereocenters. The van der Waals surface area contributed by atoms with E-state index in [4.69, 9.17) is 4.42 Å². The van der Waals surface area contributed by atoms with Crippen molar-refractivity contribution < 1.29 is 14.0 Å². The molecular formula is C16H15N3O3S. The Morgan fingerprint density at radius 1 is 1.26 bits per heavy atom. The lowest BCUT2D eigenvalue weighted by atomic mass is 10.2. The molecule has 2 aromatic heterocycles. The number of nitrogens with one attached hydrogen (secondary N) is 1. The van der Waals surface area contributed by atoms with Crippen molar-refractivity contribution in [2.45, 2.75) is 24.1 Å². The van der Waals surface area contributed by atoms with Crippen LogP contribution in [0.25, 0.3) is 22.1 Å². The summed E-state index contributed by atoms with van der Waals surface area (Å²) in [5.74, 6) is -0.0383. The summed E-state index contributed by atoms with van der Waals surface area (Å²) in [6.07, 6.45) is 0. The molecule has 0 bridgehead atoms. The minimum absolute atomic E-state index is 0.241. The number of ketones is 1. The van der Waals surface area contributed by atoms with E-state index in [9.17, 15) is 9.59 Å². The summed E-state index contributed by atoms with van der Waals surface area (Å²) in [6, 6.07) is 7.55. The van der Waals surface area contributed by atoms with E-state index < -0.39 is 5.25 Å². The molecule has 0 spiro atoms. The molecule has 0 saturated carbocycles. The third kappa shape index (κ3) is 2.79. The first kappa shape index (κ1) is 15.5. The number of furan rings is 1. The number of Topliss-reactive ketones (excluding diaryl/α,β-unsaturated/α-hetero) is 1. The van der Waals surface area contributed by atoms with Gasteiger partial charge in [0.05, 0.1) is 0 Å². The van der Waals surface area contributed by atoms with Gasteiger partial charge in [-0.25, -0.2) is 9.97 Å². The SMILES string of the molecule is CNC(=O)[C@H](Sc1nc(C)nc2c1oc1ccccc12)C(C)=O. The summed E-state index contributed by atoms with van der Waals surface area (Å²) in [5, 5.41) is 3.01. The molecule has 0 fully saturated rings. The van der Waals surface area contributed by atoms with Crippen LogP contribution in [0.1, 0.15) is 12.7 Å². The minimum atomic E-state index is -0.870. The molecule has 0 aliphatic heterocycles. The van der Waals surface area contributed by atoms with Gasteiger partial charge in [0.25, 0.3) is 0 Å². The molecule has 1 amide bonds. The van der Waals surface area contributed by atoms with Gasteiger partial charge in [-0.15, -0.1) is 0 Å². The van der Waals surface area contributed by atoms with Gasteiger partial charge in [-0.05, 0) is 26.0 Å². The topological polar surface area (TPSA) is 85.1 Å². The van der Waals surface area contributed by atoms with Crippen molar-refractivity contribution in [2.75, 3.05) is 7.05 Å². The van der Waals surface area contributed by atoms with Crippen molar-refractivity contribution in [3.8, 4) is 0 Å². The van der Waals surface area contributed by atoms with Crippen molar-refractivity contribution in [1.82, 2.24) is 15.3 Å². The van der Waals surface area contributed by atoms with Gasteiger partial charge in [-0.2, -0.15) is 0 Å². The highest BCUT2D eigenvalue weighted by molar-refractivity contribution is 8.01. The number of rotatable bonds is 4. The van der Waals surface area contributed by atoms with E-state index in [1.54, 1.807) is 6.92 Å². The van der Waals surface area contributed by atoms with E-state index in [2.05, 4.69) is 15.3 Å². The first-order chi connectivity index (χ1) is 11.0. The molecule has 0 radical (unpaired) electrons. The van der Waals surface area contributed by atoms with Gasteiger partial charge in [-0.3, -0.25) is 9.59 Å². The molecule has 3 aromatic rings. The number of carbonyl (C=O) groups is 2. The zero-order valence-electron chi connectivity index (χ0n) is 12.9. The van der Waals surface area contributed by atoms with Crippen LogP contribution in [-0.4, -0.2) is 34.0 Å². The first-order valence-electron chi connectivity index (χ1n) is 7.06. The Balaban J connectivity index is 2.17. The lowest BCUT2D eigenvalue weighted by molar-refractivity contribution is -0.126. The fourth-order valence-corrected chi connectivity index (χ4v) is 3.36. The Kier molecular flexibility index (Phi) is 4.04. The predicted molar refractivity (Wildman–Crippen MR) is 88.4 cm³/mol. The highest BCUT2D eigenvalue weighted by Gasteiger charge is 2.27. The number of amides is 1. The lowest BCUT2D eigenvalue weighted by Crippen LogP contribution is -2.34. The summed E-state index contributed by atoms with van der Waals surface area (Å²) in [7, 11) is 1.50. The lowest BCUT2D eigenvalue weighted by Gasteiger charge is -2.11. The van der Waals surface area contributed by atoms with Crippen LogP contribution >= 0.6 is 11.8 Å². The molecule has 1 aromatic carbocycles. The molecule has 1 N–H and O–H groups in total. The molecule has 23 heavy (non-hydrogen) atoms. The average Bonchev–Trinajstić information content (AvgIpc) is 2.90. The van der Waals surface area contributed by atoms with Gasteiger partial charge in [0, 0.05) is 12.4 Å². The average molecular weight is 329 g/mol. The number of carbonyl (C=O) groups excluding carboxylic acids is 2. The monoisotopic (exact) mass is 329 g/mol. The number of thioether (sulfide) groups is 1. The van der Waals surface area contributed by atoms with E-state index in [-0.39, 0.29) is 11.7 Å². The second-order valence-corrected chi connectivity index (χ2v) is 6.17. The van der Waals surface area contributed by atoms with Crippen LogP contribution < -0.4 is 5.32 Å². The molecular weight excluding hydrogens is 314 g/mol. The highest BCUT2D eigenvalue weighted by Crippen LogP contribution is 2.34. The molecule has 7 heteroatoms. The zero-order valence-corrected chi connectivity index (χ0v) is 13.7. The minimum Gasteiger partial charge on any atom is -0.451 e. The van der Waals surface area contributed by atoms with Gasteiger partial charge >= 0.3 is 0 Å². The first-order valence-corrected chi connectivity index (χ1v) is 7.94. The Bertz CT molecular complexity index is 919. The molecule has 6 nitrogen and oxygen atoms in total. The van der Waals surface area contributed by atoms with Crippen molar-refractivity contribution in [2.24, 2.45) is 0 Å². The third-order valence-electron chi connectivity index (χ3n) is 3.38. The fourth-order valence-electron chi connectivity index (χ4n) is 2.32. The van der Waals surface area contributed by atoms with Crippen molar-refractivity contribution in [3.63, 3.8) is 0 Å². The summed E-state index contributed by atoms with van der Waals surface area (Å²) in [4.78, 5) is 32.5. The van der Waals surface area contributed by atoms with Crippen LogP contribution in [0, 0.1) is 6.92 Å². The molecule has 0 aliphatic rings. The number of aryl methyl sites for hydroxylation is 1. The van der Waals surface area contributed by atoms with E-state index >= 15 is 0 Å². The van der Waals surface area contributed by atoms with E-state index in [0.29, 0.717) is 27.5 Å². The van der Waals surface area contributed by atoms with E-state index in [1.165, 1.54) is 14.0 Å². The maximum atomic E-state index is 11.9. The Labute approximate surface area is 136 Å². The van der Waals surface area contributed by atoms with Crippen LogP contribution in [0.3, 0.4) is 0 Å². The van der Waals surface area contributed by atoms with Gasteiger partial charge in [-0.1, -0.05) is 23.9 Å². The maximum absolute atomic E-state index is 11.9. The zero-order chi connectivity index (χ0) is 16.6. The molecule has 2 heterocycles. The second kappa shape index (κ2) is 6.00. The number of nitrogens with zero attached hydrogens (tertiary/aromatic N) is 2. The Hall–Kier alpha value is -2.41. The number of para-hydroxylation sites is 1. The van der Waals surface area contributed by atoms with Gasteiger partial charge in [0.1, 0.15) is 27.2 Å². The van der Waals surface area contributed by atoms with Crippen LogP contribution in [0.2, 0.25) is 0 Å². The quantitative estimate of drug-likeness (QED) is 0.450. The number of aromatic nitrogens is 2. The summed E-state index contributed by atoms with van der Waals surface area (Å²) in [6.45, 7) is 3.16. The van der Waals surface area contributed by atoms with Crippen molar-refractivity contribution in [3.05, 3.63) is 30.1 Å². The summed E-state index contributed by atoms with van der Waals surface area (Å²) < 4.78 is 5.84. The number of hydrogen-bond donors (Lipinski definition) is 1. The van der Waals surface area contributed by atoms with Crippen LogP contribution in [0.4, 0.5) is 0 Å². The third-order valence-corrected chi connectivity index (χ3v) is 4.67. The number of fused-ring (bicyclic) bond motifs is 3. The van der Waals surface area contributed by atoms with Gasteiger partial charge in [0.2, 0.25) is 5.91 Å². The maximum Gasteiger partial charge on any atom is 0.240 e. The smallest absolute Gasteiger partial charge is 0.240 e. The largest absolute Gasteiger partial charge is 0.451 e. The molecule has 0 saturated heterocycles. The van der Waals surface area contributed by atoms with Crippen LogP contribution in [0.5, 0.6) is 0 Å². The number of hydrogen-bond acceptors (Lipinski definition) is 6. The molecule has 118 valence electrons. The second-order valence-electron chi connectivity index (χ2n) is 5.07. The Morgan fingerprint density at radius 2 is 2.00 bits per heavy atom. The van der Waals surface area contributed by atoms with Crippen LogP contribution in [0.15, 0.2) is 33.7 Å². The summed E-state index contributed by atoms with van der Waals surface area (Å²) in [5.41, 5.74) is 1.88. The Morgan fingerprint density at radius 3 is 2.70 bits per heavy atom. The molecule has 3 rings (SSSR count). The standard InChI is InChI=1S/C16H15N3O3S/c1-8(20)14(15(21)17-3)23-16-13-12(18-9(2)19-16)10-6-4-5-7-11(10)22-13/h4-7,14H,1-3H3,(H,17,21)/t14-/m1/s1. The van der Waals surface area contributed by atoms with Gasteiger partial charge in [0.15, 0.2) is 11.4 Å². The predicted octanol–water partition coefficient (Wildman–Crippen LogP) is 2.48. The van der Waals surface area contributed by atoms with E-state index in [1.807, 2.05) is 24.3 Å². The van der Waals surface area contributed by atoms with Crippen LogP contribution in [-0.2, 0) is 9.59 Å². The normalized spacial score (nSPS) is 12.5. The molecule has 1 atom stereocenters. The number of benzene rings is 1.